The van der Waals surface area contributed by atoms with Crippen LogP contribution >= 0.6 is 31.9 Å². The van der Waals surface area contributed by atoms with Gasteiger partial charge in [-0.25, -0.2) is 9.59 Å². The number of urea groups is 2. The molecule has 6 nitrogen and oxygen atoms in total. The van der Waals surface area contributed by atoms with Crippen molar-refractivity contribution >= 4 is 55.3 Å². The molecule has 2 N–H and O–H groups in total. The smallest absolute Gasteiger partial charge is 0.321 e. The standard InChI is InChI=1S/C18H18Br2N4O2/c19-13-1-5-15(6-2-13)21-17(25)23-9-11-24(12-10-23)18(26)22-16-7-3-14(20)4-8-16/h1-8H,9-12H2,(H,21,25)(H,22,26). The molecule has 1 fully saturated rings. The van der Waals surface area contributed by atoms with Gasteiger partial charge in [-0.05, 0) is 48.5 Å². The van der Waals surface area contributed by atoms with Crippen LogP contribution in [0, 0.1) is 0 Å². The van der Waals surface area contributed by atoms with Crippen LogP contribution in [0.2, 0.25) is 0 Å². The molecule has 0 unspecified atom stereocenters. The number of carbonyl (C=O) groups excluding carboxylic acids is 2. The normalized spacial score (nSPS) is 14.1. The van der Waals surface area contributed by atoms with Gasteiger partial charge in [-0.15, -0.1) is 0 Å². The molecule has 1 aliphatic rings. The minimum Gasteiger partial charge on any atom is -0.321 e. The summed E-state index contributed by atoms with van der Waals surface area (Å²) in [5, 5.41) is 5.74. The molecule has 1 saturated heterocycles. The van der Waals surface area contributed by atoms with Crippen molar-refractivity contribution in [3.05, 3.63) is 57.5 Å². The minimum absolute atomic E-state index is 0.153. The second-order valence-corrected chi connectivity index (χ2v) is 7.68. The monoisotopic (exact) mass is 480 g/mol. The molecule has 1 aliphatic heterocycles. The van der Waals surface area contributed by atoms with Gasteiger partial charge in [0, 0.05) is 46.5 Å². The molecule has 0 spiro atoms. The Bertz CT molecular complexity index is 705. The first-order valence-electron chi connectivity index (χ1n) is 8.14. The number of amides is 4. The Kier molecular flexibility index (Phi) is 6.16. The molecule has 0 bridgehead atoms. The molecule has 2 aromatic carbocycles. The van der Waals surface area contributed by atoms with Gasteiger partial charge in [0.2, 0.25) is 0 Å². The number of rotatable bonds is 2. The largest absolute Gasteiger partial charge is 0.321 e. The van der Waals surface area contributed by atoms with E-state index in [1.54, 1.807) is 9.80 Å². The number of hydrogen-bond acceptors (Lipinski definition) is 2. The molecular weight excluding hydrogens is 464 g/mol. The lowest BCUT2D eigenvalue weighted by Gasteiger charge is -2.34. The van der Waals surface area contributed by atoms with E-state index in [0.29, 0.717) is 26.2 Å². The highest BCUT2D eigenvalue weighted by molar-refractivity contribution is 9.10. The van der Waals surface area contributed by atoms with Crippen molar-refractivity contribution in [2.75, 3.05) is 36.8 Å². The van der Waals surface area contributed by atoms with Crippen molar-refractivity contribution in [2.45, 2.75) is 0 Å². The van der Waals surface area contributed by atoms with Gasteiger partial charge in [0.15, 0.2) is 0 Å². The molecule has 0 aromatic heterocycles. The van der Waals surface area contributed by atoms with Crippen molar-refractivity contribution < 1.29 is 9.59 Å². The lowest BCUT2D eigenvalue weighted by Crippen LogP contribution is -2.52. The quantitative estimate of drug-likeness (QED) is 0.658. The third-order valence-corrected chi connectivity index (χ3v) is 5.10. The number of halogens is 2. The second-order valence-electron chi connectivity index (χ2n) is 5.85. The van der Waals surface area contributed by atoms with E-state index in [0.717, 1.165) is 20.3 Å². The molecule has 2 aromatic rings. The Morgan fingerprint density at radius 1 is 0.654 bits per heavy atom. The predicted octanol–water partition coefficient (Wildman–Crippen LogP) is 4.59. The van der Waals surface area contributed by atoms with Crippen LogP contribution in [0.5, 0.6) is 0 Å². The fraction of sp³-hybridized carbons (Fsp3) is 0.222. The van der Waals surface area contributed by atoms with Crippen LogP contribution < -0.4 is 10.6 Å². The predicted molar refractivity (Wildman–Crippen MR) is 109 cm³/mol. The van der Waals surface area contributed by atoms with Gasteiger partial charge in [-0.3, -0.25) is 0 Å². The van der Waals surface area contributed by atoms with Crippen LogP contribution in [0.1, 0.15) is 0 Å². The summed E-state index contributed by atoms with van der Waals surface area (Å²) in [5.41, 5.74) is 1.49. The van der Waals surface area contributed by atoms with Gasteiger partial charge in [0.25, 0.3) is 0 Å². The fourth-order valence-corrected chi connectivity index (χ4v) is 3.11. The average Bonchev–Trinajstić information content (AvgIpc) is 2.65. The fourth-order valence-electron chi connectivity index (χ4n) is 2.58. The molecule has 0 radical (unpaired) electrons. The van der Waals surface area contributed by atoms with Crippen LogP contribution in [0.4, 0.5) is 21.0 Å². The average molecular weight is 482 g/mol. The van der Waals surface area contributed by atoms with Crippen LogP contribution in [0.3, 0.4) is 0 Å². The first-order valence-corrected chi connectivity index (χ1v) is 9.73. The maximum atomic E-state index is 12.3. The van der Waals surface area contributed by atoms with E-state index in [9.17, 15) is 9.59 Å². The summed E-state index contributed by atoms with van der Waals surface area (Å²) in [4.78, 5) is 28.1. The molecule has 1 heterocycles. The van der Waals surface area contributed by atoms with Crippen LogP contribution in [-0.2, 0) is 0 Å². The number of carbonyl (C=O) groups is 2. The summed E-state index contributed by atoms with van der Waals surface area (Å²) in [5.74, 6) is 0. The molecule has 0 saturated carbocycles. The van der Waals surface area contributed by atoms with E-state index >= 15 is 0 Å². The zero-order chi connectivity index (χ0) is 18.5. The first-order chi connectivity index (χ1) is 12.5. The highest BCUT2D eigenvalue weighted by Gasteiger charge is 2.24. The number of anilines is 2. The topological polar surface area (TPSA) is 64.7 Å². The van der Waals surface area contributed by atoms with Crippen molar-refractivity contribution in [3.8, 4) is 0 Å². The molecule has 26 heavy (non-hydrogen) atoms. The van der Waals surface area contributed by atoms with Crippen LogP contribution in [0.15, 0.2) is 57.5 Å². The van der Waals surface area contributed by atoms with E-state index in [2.05, 4.69) is 42.5 Å². The minimum atomic E-state index is -0.153. The maximum Gasteiger partial charge on any atom is 0.321 e. The number of hydrogen-bond donors (Lipinski definition) is 2. The molecule has 0 atom stereocenters. The number of nitrogens with zero attached hydrogens (tertiary/aromatic N) is 2. The number of nitrogens with one attached hydrogen (secondary N) is 2. The van der Waals surface area contributed by atoms with Gasteiger partial charge in [0.1, 0.15) is 0 Å². The van der Waals surface area contributed by atoms with Gasteiger partial charge < -0.3 is 20.4 Å². The lowest BCUT2D eigenvalue weighted by atomic mass is 10.3. The van der Waals surface area contributed by atoms with E-state index in [4.69, 9.17) is 0 Å². The molecule has 8 heteroatoms. The van der Waals surface area contributed by atoms with Crippen LogP contribution in [0.25, 0.3) is 0 Å². The third-order valence-electron chi connectivity index (χ3n) is 4.05. The van der Waals surface area contributed by atoms with Gasteiger partial charge in [-0.1, -0.05) is 31.9 Å². The van der Waals surface area contributed by atoms with Gasteiger partial charge in [0.05, 0.1) is 0 Å². The summed E-state index contributed by atoms with van der Waals surface area (Å²) < 4.78 is 1.92. The summed E-state index contributed by atoms with van der Waals surface area (Å²) in [6.07, 6.45) is 0. The maximum absolute atomic E-state index is 12.3. The molecule has 136 valence electrons. The highest BCUT2D eigenvalue weighted by Crippen LogP contribution is 2.16. The Morgan fingerprint density at radius 2 is 0.962 bits per heavy atom. The van der Waals surface area contributed by atoms with Crippen molar-refractivity contribution in [1.29, 1.82) is 0 Å². The Balaban J connectivity index is 1.48. The molecular formula is C18H18Br2N4O2. The Morgan fingerprint density at radius 3 is 1.27 bits per heavy atom. The summed E-state index contributed by atoms with van der Waals surface area (Å²) in [6, 6.07) is 14.5. The lowest BCUT2D eigenvalue weighted by molar-refractivity contribution is 0.156. The van der Waals surface area contributed by atoms with Crippen LogP contribution in [-0.4, -0.2) is 48.0 Å². The van der Waals surface area contributed by atoms with Gasteiger partial charge >= 0.3 is 12.1 Å². The van der Waals surface area contributed by atoms with Gasteiger partial charge in [-0.2, -0.15) is 0 Å². The molecule has 0 aliphatic carbocycles. The summed E-state index contributed by atoms with van der Waals surface area (Å²) in [7, 11) is 0. The van der Waals surface area contributed by atoms with E-state index < -0.39 is 0 Å². The molecule has 4 amide bonds. The second kappa shape index (κ2) is 8.55. The Hall–Kier alpha value is -2.06. The number of piperazine rings is 1. The number of benzene rings is 2. The van der Waals surface area contributed by atoms with Crippen molar-refractivity contribution in [3.63, 3.8) is 0 Å². The van der Waals surface area contributed by atoms with Crippen molar-refractivity contribution in [1.82, 2.24) is 9.80 Å². The molecule has 3 rings (SSSR count). The highest BCUT2D eigenvalue weighted by atomic mass is 79.9. The van der Waals surface area contributed by atoms with E-state index in [1.807, 2.05) is 48.5 Å². The summed E-state index contributed by atoms with van der Waals surface area (Å²) in [6.45, 7) is 1.98. The van der Waals surface area contributed by atoms with E-state index in [1.165, 1.54) is 0 Å². The zero-order valence-electron chi connectivity index (χ0n) is 13.9. The SMILES string of the molecule is O=C(Nc1ccc(Br)cc1)N1CCN(C(=O)Nc2ccc(Br)cc2)CC1. The third kappa shape index (κ3) is 4.98. The summed E-state index contributed by atoms with van der Waals surface area (Å²) >= 11 is 6.73. The Labute approximate surface area is 168 Å². The van der Waals surface area contributed by atoms with E-state index in [-0.39, 0.29) is 12.1 Å². The first kappa shape index (κ1) is 18.7. The zero-order valence-corrected chi connectivity index (χ0v) is 17.1. The van der Waals surface area contributed by atoms with Crippen molar-refractivity contribution in [2.24, 2.45) is 0 Å².